The van der Waals surface area contributed by atoms with Gasteiger partial charge in [-0.15, -0.1) is 0 Å². The van der Waals surface area contributed by atoms with Gasteiger partial charge in [0.15, 0.2) is 0 Å². The fourth-order valence-electron chi connectivity index (χ4n) is 2.85. The lowest BCUT2D eigenvalue weighted by atomic mass is 9.97. The van der Waals surface area contributed by atoms with Gasteiger partial charge in [0.05, 0.1) is 15.5 Å². The lowest BCUT2D eigenvalue weighted by Crippen LogP contribution is -2.44. The monoisotopic (exact) mass is 426 g/mol. The molecule has 1 aliphatic rings. The maximum Gasteiger partial charge on any atom is 0.417 e. The van der Waals surface area contributed by atoms with E-state index in [1.807, 2.05) is 13.8 Å². The zero-order valence-electron chi connectivity index (χ0n) is 15.0. The molecule has 1 amide bonds. The summed E-state index contributed by atoms with van der Waals surface area (Å²) in [4.78, 5) is 11.7. The molecule has 5 nitrogen and oxygen atoms in total. The van der Waals surface area contributed by atoms with Gasteiger partial charge in [-0.05, 0) is 44.4 Å². The summed E-state index contributed by atoms with van der Waals surface area (Å²) >= 11 is 5.55. The van der Waals surface area contributed by atoms with Gasteiger partial charge in [-0.3, -0.25) is 4.79 Å². The number of rotatable bonds is 5. The lowest BCUT2D eigenvalue weighted by molar-refractivity contribution is -0.137. The Balaban J connectivity index is 2.13. The highest BCUT2D eigenvalue weighted by Gasteiger charge is 2.37. The minimum atomic E-state index is -4.75. The number of hydrogen-bond acceptors (Lipinski definition) is 3. The number of amides is 1. The lowest BCUT2D eigenvalue weighted by Gasteiger charge is -2.31. The largest absolute Gasteiger partial charge is 0.417 e. The average Bonchev–Trinajstić information content (AvgIpc) is 2.60. The van der Waals surface area contributed by atoms with Crippen molar-refractivity contribution in [1.82, 2.24) is 9.62 Å². The Kier molecular flexibility index (Phi) is 6.81. The van der Waals surface area contributed by atoms with E-state index >= 15 is 0 Å². The van der Waals surface area contributed by atoms with Gasteiger partial charge in [0.2, 0.25) is 15.9 Å². The Morgan fingerprint density at radius 3 is 2.44 bits per heavy atom. The number of piperidine rings is 1. The number of benzene rings is 1. The molecule has 1 atom stereocenters. The first-order valence-electron chi connectivity index (χ1n) is 8.64. The van der Waals surface area contributed by atoms with Crippen molar-refractivity contribution >= 4 is 27.5 Å². The molecule has 1 aromatic carbocycles. The van der Waals surface area contributed by atoms with E-state index in [0.29, 0.717) is 18.9 Å². The fourth-order valence-corrected chi connectivity index (χ4v) is 4.57. The molecule has 0 unspecified atom stereocenters. The topological polar surface area (TPSA) is 66.5 Å². The summed E-state index contributed by atoms with van der Waals surface area (Å²) in [5.41, 5.74) is -1.19. The number of alkyl halides is 3. The van der Waals surface area contributed by atoms with Gasteiger partial charge in [-0.2, -0.15) is 17.5 Å². The number of sulfonamides is 1. The first kappa shape index (κ1) is 22.0. The highest BCUT2D eigenvalue weighted by molar-refractivity contribution is 7.89. The van der Waals surface area contributed by atoms with Crippen molar-refractivity contribution in [3.05, 3.63) is 28.8 Å². The average molecular weight is 427 g/mol. The van der Waals surface area contributed by atoms with Crippen LogP contribution in [0.5, 0.6) is 0 Å². The summed E-state index contributed by atoms with van der Waals surface area (Å²) in [5, 5.41) is 2.31. The van der Waals surface area contributed by atoms with Crippen LogP contribution in [0.25, 0.3) is 0 Å². The Morgan fingerprint density at radius 1 is 1.33 bits per heavy atom. The predicted octanol–water partition coefficient (Wildman–Crippen LogP) is 3.67. The summed E-state index contributed by atoms with van der Waals surface area (Å²) in [7, 11) is -4.10. The van der Waals surface area contributed by atoms with Gasteiger partial charge >= 0.3 is 6.18 Å². The second-order valence-corrected chi connectivity index (χ2v) is 8.98. The molecule has 1 N–H and O–H groups in total. The first-order chi connectivity index (χ1) is 12.5. The van der Waals surface area contributed by atoms with E-state index in [0.717, 1.165) is 22.9 Å². The van der Waals surface area contributed by atoms with E-state index in [9.17, 15) is 26.4 Å². The van der Waals surface area contributed by atoms with Gasteiger partial charge in [-0.25, -0.2) is 8.42 Å². The number of nitrogens with one attached hydrogen (secondary N) is 1. The Hall–Kier alpha value is -1.32. The van der Waals surface area contributed by atoms with Gasteiger partial charge in [-0.1, -0.05) is 18.5 Å². The van der Waals surface area contributed by atoms with Gasteiger partial charge in [0.1, 0.15) is 0 Å². The van der Waals surface area contributed by atoms with Crippen LogP contribution in [0, 0.1) is 5.92 Å². The van der Waals surface area contributed by atoms with Crippen LogP contribution < -0.4 is 5.32 Å². The fraction of sp³-hybridized carbons (Fsp3) is 0.588. The van der Waals surface area contributed by atoms with Crippen molar-refractivity contribution in [1.29, 1.82) is 0 Å². The standard InChI is InChI=1S/C17H22ClF3N2O3S/c1-3-11(2)22-16(24)12-6-8-23(9-7-12)27(25,26)13-4-5-15(18)14(10-13)17(19,20)21/h4-5,10-12H,3,6-9H2,1-2H3,(H,22,24)/t11-/m0/s1. The van der Waals surface area contributed by atoms with Crippen LogP contribution in [0.3, 0.4) is 0 Å². The smallest absolute Gasteiger partial charge is 0.353 e. The highest BCUT2D eigenvalue weighted by Crippen LogP contribution is 2.36. The Labute approximate surface area is 161 Å². The molecule has 1 fully saturated rings. The third kappa shape index (κ3) is 5.14. The number of carbonyl (C=O) groups excluding carboxylic acids is 1. The summed E-state index contributed by atoms with van der Waals surface area (Å²) in [5.74, 6) is -0.423. The molecule has 2 rings (SSSR count). The van der Waals surface area contributed by atoms with Gasteiger partial charge < -0.3 is 5.32 Å². The molecule has 1 aliphatic heterocycles. The van der Waals surface area contributed by atoms with E-state index in [1.165, 1.54) is 0 Å². The van der Waals surface area contributed by atoms with Gasteiger partial charge in [0.25, 0.3) is 0 Å². The minimum Gasteiger partial charge on any atom is -0.353 e. The molecule has 0 aromatic heterocycles. The van der Waals surface area contributed by atoms with Crippen molar-refractivity contribution in [2.24, 2.45) is 5.92 Å². The van der Waals surface area contributed by atoms with E-state index in [4.69, 9.17) is 11.6 Å². The van der Waals surface area contributed by atoms with E-state index in [-0.39, 0.29) is 31.0 Å². The molecule has 1 saturated heterocycles. The minimum absolute atomic E-state index is 0.0362. The van der Waals surface area contributed by atoms with Crippen molar-refractivity contribution in [2.75, 3.05) is 13.1 Å². The Bertz CT molecular complexity index is 791. The van der Waals surface area contributed by atoms with Crippen molar-refractivity contribution < 1.29 is 26.4 Å². The molecule has 0 radical (unpaired) electrons. The van der Waals surface area contributed by atoms with Crippen LogP contribution in [-0.2, 0) is 21.0 Å². The normalized spacial score (nSPS) is 18.3. The quantitative estimate of drug-likeness (QED) is 0.781. The van der Waals surface area contributed by atoms with E-state index in [2.05, 4.69) is 5.32 Å². The molecule has 27 heavy (non-hydrogen) atoms. The van der Waals surface area contributed by atoms with Crippen molar-refractivity contribution in [2.45, 2.75) is 50.2 Å². The number of carbonyl (C=O) groups is 1. The highest BCUT2D eigenvalue weighted by atomic mass is 35.5. The van der Waals surface area contributed by atoms with E-state index in [1.54, 1.807) is 0 Å². The summed E-state index contributed by atoms with van der Waals surface area (Å²) < 4.78 is 65.5. The summed E-state index contributed by atoms with van der Waals surface area (Å²) in [6, 6.07) is 2.59. The molecular formula is C17H22ClF3N2O3S. The SMILES string of the molecule is CC[C@H](C)NC(=O)C1CCN(S(=O)(=O)c2ccc(Cl)c(C(F)(F)F)c2)CC1. The van der Waals surface area contributed by atoms with Gasteiger partial charge in [0, 0.05) is 25.0 Å². The van der Waals surface area contributed by atoms with Crippen LogP contribution in [0.2, 0.25) is 5.02 Å². The maximum absolute atomic E-state index is 13.0. The van der Waals surface area contributed by atoms with Crippen molar-refractivity contribution in [3.8, 4) is 0 Å². The number of nitrogens with zero attached hydrogens (tertiary/aromatic N) is 1. The van der Waals surface area contributed by atoms with Crippen LogP contribution in [0.1, 0.15) is 38.7 Å². The van der Waals surface area contributed by atoms with E-state index < -0.39 is 31.7 Å². The molecule has 10 heteroatoms. The zero-order chi connectivity index (χ0) is 20.4. The van der Waals surface area contributed by atoms with Crippen LogP contribution in [0.15, 0.2) is 23.1 Å². The van der Waals surface area contributed by atoms with Crippen LogP contribution in [-0.4, -0.2) is 37.8 Å². The van der Waals surface area contributed by atoms with Crippen LogP contribution >= 0.6 is 11.6 Å². The maximum atomic E-state index is 13.0. The third-order valence-electron chi connectivity index (χ3n) is 4.71. The Morgan fingerprint density at radius 2 is 1.93 bits per heavy atom. The van der Waals surface area contributed by atoms with Crippen molar-refractivity contribution in [3.63, 3.8) is 0 Å². The molecule has 0 aliphatic carbocycles. The molecule has 1 aromatic rings. The second-order valence-electron chi connectivity index (χ2n) is 6.64. The third-order valence-corrected chi connectivity index (χ3v) is 6.93. The zero-order valence-corrected chi connectivity index (χ0v) is 16.6. The molecule has 152 valence electrons. The second kappa shape index (κ2) is 8.36. The molecular weight excluding hydrogens is 405 g/mol. The summed E-state index contributed by atoms with van der Waals surface area (Å²) in [6.45, 7) is 3.98. The number of halogens is 4. The molecule has 0 saturated carbocycles. The number of hydrogen-bond donors (Lipinski definition) is 1. The first-order valence-corrected chi connectivity index (χ1v) is 10.5. The molecule has 0 spiro atoms. The van der Waals surface area contributed by atoms with Crippen LogP contribution in [0.4, 0.5) is 13.2 Å². The summed E-state index contributed by atoms with van der Waals surface area (Å²) in [6.07, 6.45) is -3.32. The molecule has 0 bridgehead atoms. The molecule has 1 heterocycles. The predicted molar refractivity (Wildman–Crippen MR) is 95.8 cm³/mol.